The fraction of sp³-hybridized carbons (Fsp3) is 0.289. The van der Waals surface area contributed by atoms with Crippen molar-refractivity contribution in [1.29, 1.82) is 0 Å². The molecule has 37 nitrogen and oxygen atoms in total. The number of nitrogen functional groups attached to an aromatic ring is 3. The van der Waals surface area contributed by atoms with Gasteiger partial charge in [0.1, 0.15) is 22.3 Å². The van der Waals surface area contributed by atoms with E-state index >= 15 is 0 Å². The predicted octanol–water partition coefficient (Wildman–Crippen LogP) is 9.77. The zero-order chi connectivity index (χ0) is 87.9. The van der Waals surface area contributed by atoms with Crippen molar-refractivity contribution in [3.05, 3.63) is 276 Å². The maximum absolute atomic E-state index is 12.2. The number of benzene rings is 1. The van der Waals surface area contributed by atoms with Crippen molar-refractivity contribution in [2.75, 3.05) is 97.4 Å². The van der Waals surface area contributed by atoms with Gasteiger partial charge < -0.3 is 61.3 Å². The van der Waals surface area contributed by atoms with Crippen LogP contribution in [0.2, 0.25) is 5.15 Å². The highest BCUT2D eigenvalue weighted by Gasteiger charge is 2.26. The van der Waals surface area contributed by atoms with Crippen LogP contribution in [0.25, 0.3) is 45.0 Å². The standard InChI is InChI=1S/C19H22N4O4.C19H24N4O2.C18H13N3O4.C10H8N4O2.C7H15NO.C5H6BNO2.C5H4ClN3O2/c1-22-9-6-14(7-10-22)13-27-19(24)11-17-18(23(25)26)5-4-16(21-17)15-3-2-8-20-12-15;1-23-9-6-14(7-10-23)13-25-19(24)11-18-16(20)4-5-17(22-18)15-3-2-8-21-12-15;22-18(25-14-6-2-1-3-7-14)11-16-17(21(23)24)9-8-15(20-16)13-5-4-10-19-12-13;11-10-9(14(15)16)4-3-8(13-10)7-2-1-5-12-6-7;1-8-4-2-7(6-9)3-5-8;8-6(9)5-2-1-3-7-4-5;6-4-2-1-3(9(10)11)5(7)8-4/h2-5,8,12,14H,6-7,9-11,13H2,1H3;2-5,8,12,14H,6-7,9-11,13,20H2,1H3;1-10,12H,11H2;1-6H,(H2,11,13);7,9H,2-6H2,1H3;1-4,8-9H;1-2H,(H2,7,8). The van der Waals surface area contributed by atoms with E-state index in [1.807, 2.05) is 24.3 Å². The van der Waals surface area contributed by atoms with Crippen LogP contribution in [0.4, 0.5) is 40.1 Å². The second kappa shape index (κ2) is 49.0. The van der Waals surface area contributed by atoms with Crippen LogP contribution < -0.4 is 27.4 Å². The van der Waals surface area contributed by atoms with Crippen LogP contribution in [0.5, 0.6) is 5.75 Å². The molecule has 1 aromatic carbocycles. The molecule has 0 unspecified atom stereocenters. The highest BCUT2D eigenvalue weighted by atomic mass is 35.5. The van der Waals surface area contributed by atoms with Crippen molar-refractivity contribution < 1.29 is 63.4 Å². The van der Waals surface area contributed by atoms with Gasteiger partial charge in [-0.05, 0) is 220 Å². The zero-order valence-electron chi connectivity index (χ0n) is 67.0. The van der Waals surface area contributed by atoms with Gasteiger partial charge in [0, 0.05) is 121 Å². The first kappa shape index (κ1) is 93.7. The van der Waals surface area contributed by atoms with Crippen LogP contribution in [0.1, 0.15) is 55.6 Å². The molecule has 3 saturated heterocycles. The number of nitrogens with zero attached hydrogens (tertiary/aromatic N) is 17. The number of aromatic nitrogens is 10. The first-order valence-corrected chi connectivity index (χ1v) is 38.7. The third kappa shape index (κ3) is 31.5. The number of halogens is 1. The number of esters is 3. The number of anilines is 3. The average Bonchev–Trinajstić information content (AvgIpc) is 0.836. The molecule has 3 fully saturated rings. The Morgan fingerprint density at radius 2 is 0.770 bits per heavy atom. The van der Waals surface area contributed by atoms with E-state index in [0.29, 0.717) is 82.8 Å². The minimum absolute atomic E-state index is 0.0484. The summed E-state index contributed by atoms with van der Waals surface area (Å²) >= 11 is 5.41. The molecule has 0 aliphatic carbocycles. The number of hydrogen-bond donors (Lipinski definition) is 6. The van der Waals surface area contributed by atoms with E-state index < -0.39 is 38.8 Å². The number of pyridine rings is 10. The zero-order valence-corrected chi connectivity index (χ0v) is 67.8. The Morgan fingerprint density at radius 1 is 0.426 bits per heavy atom. The number of ether oxygens (including phenoxy) is 3. The van der Waals surface area contributed by atoms with Crippen LogP contribution in [-0.4, -0.2) is 205 Å². The average molecular weight is 1690 g/mol. The normalized spacial score (nSPS) is 13.4. The van der Waals surface area contributed by atoms with E-state index in [4.69, 9.17) is 58.2 Å². The molecule has 11 aromatic rings. The van der Waals surface area contributed by atoms with Crippen molar-refractivity contribution >= 4 is 82.2 Å². The smallest absolute Gasteiger partial charge is 0.465 e. The summed E-state index contributed by atoms with van der Waals surface area (Å²) in [6.45, 7) is 7.63. The van der Waals surface area contributed by atoms with Crippen LogP contribution in [-0.2, 0) is 43.1 Å². The van der Waals surface area contributed by atoms with Gasteiger partial charge in [0.05, 0.1) is 86.3 Å². The quantitative estimate of drug-likeness (QED) is 0.00972. The number of nitrogens with two attached hydrogens (primary N) is 3. The van der Waals surface area contributed by atoms with Gasteiger partial charge in [-0.15, -0.1) is 0 Å². The highest BCUT2D eigenvalue weighted by molar-refractivity contribution is 6.58. The number of nitro groups is 4. The first-order valence-electron chi connectivity index (χ1n) is 38.3. The first-order chi connectivity index (χ1) is 58.7. The summed E-state index contributed by atoms with van der Waals surface area (Å²) in [5.41, 5.74) is 22.9. The van der Waals surface area contributed by atoms with Crippen molar-refractivity contribution in [3.63, 3.8) is 0 Å². The maximum atomic E-state index is 12.2. The highest BCUT2D eigenvalue weighted by Crippen LogP contribution is 2.29. The number of carbonyl (C=O) groups is 3. The lowest BCUT2D eigenvalue weighted by atomic mass is 9.82. The number of carbonyl (C=O) groups excluding carboxylic acids is 3. The lowest BCUT2D eigenvalue weighted by Gasteiger charge is -2.28. The van der Waals surface area contributed by atoms with Crippen LogP contribution in [0.15, 0.2) is 214 Å². The summed E-state index contributed by atoms with van der Waals surface area (Å²) in [6, 6.07) is 41.0. The van der Waals surface area contributed by atoms with Crippen molar-refractivity contribution in [2.24, 2.45) is 17.8 Å². The topological polar surface area (TPSA) is 529 Å². The van der Waals surface area contributed by atoms with Gasteiger partial charge in [-0.3, -0.25) is 84.7 Å². The predicted molar refractivity (Wildman–Crippen MR) is 456 cm³/mol. The van der Waals surface area contributed by atoms with Crippen molar-refractivity contribution in [3.8, 4) is 50.8 Å². The van der Waals surface area contributed by atoms with Gasteiger partial charge in [0.2, 0.25) is 11.6 Å². The largest absolute Gasteiger partial charge is 0.490 e. The summed E-state index contributed by atoms with van der Waals surface area (Å²) in [4.78, 5) is 125. The molecular weight excluding hydrogens is 1600 g/mol. The molecular formula is C83H92BClN20O17. The molecule has 0 atom stereocenters. The molecule has 3 aliphatic heterocycles. The fourth-order valence-corrected chi connectivity index (χ4v) is 12.1. The van der Waals surface area contributed by atoms with E-state index in [-0.39, 0.29) is 76.2 Å². The van der Waals surface area contributed by atoms with Crippen LogP contribution >= 0.6 is 11.6 Å². The summed E-state index contributed by atoms with van der Waals surface area (Å²) in [6.07, 6.45) is 22.2. The Balaban J connectivity index is 0.000000184. The van der Waals surface area contributed by atoms with E-state index in [1.165, 1.54) is 55.4 Å². The molecule has 0 amide bonds. The third-order valence-corrected chi connectivity index (χ3v) is 19.1. The molecule has 0 radical (unpaired) electrons. The minimum atomic E-state index is -1.40. The molecule has 0 bridgehead atoms. The molecule has 3 aliphatic rings. The number of rotatable bonds is 21. The number of aliphatic hydroxyl groups excluding tert-OH is 1. The Kier molecular flexibility index (Phi) is 37.6. The molecule has 0 saturated carbocycles. The lowest BCUT2D eigenvalue weighted by molar-refractivity contribution is -0.386. The molecule has 10 aromatic heterocycles. The van der Waals surface area contributed by atoms with Gasteiger partial charge in [-0.2, -0.15) is 0 Å². The van der Waals surface area contributed by atoms with Gasteiger partial charge >= 0.3 is 36.4 Å². The lowest BCUT2D eigenvalue weighted by Crippen LogP contribution is -2.32. The van der Waals surface area contributed by atoms with Gasteiger partial charge in [-0.1, -0.05) is 35.9 Å². The second-order valence-corrected chi connectivity index (χ2v) is 28.3. The molecule has 39 heteroatoms. The number of hydrogen-bond acceptors (Lipinski definition) is 33. The number of likely N-dealkylation sites (tertiary alicyclic amines) is 3. The van der Waals surface area contributed by atoms with Gasteiger partial charge in [0.25, 0.3) is 11.4 Å². The molecule has 9 N–H and O–H groups in total. The summed E-state index contributed by atoms with van der Waals surface area (Å²) in [5.74, 6) is 0.107. The Labute approximate surface area is 706 Å². The van der Waals surface area contributed by atoms with E-state index in [9.17, 15) is 54.8 Å². The third-order valence-electron chi connectivity index (χ3n) is 18.9. The fourth-order valence-electron chi connectivity index (χ4n) is 12.0. The van der Waals surface area contributed by atoms with E-state index in [1.54, 1.807) is 147 Å². The summed E-state index contributed by atoms with van der Waals surface area (Å²) in [5, 5.41) is 69.2. The molecule has 0 spiro atoms. The summed E-state index contributed by atoms with van der Waals surface area (Å²) < 4.78 is 16.0. The number of para-hydroxylation sites is 1. The van der Waals surface area contributed by atoms with Gasteiger partial charge in [0.15, 0.2) is 0 Å². The Morgan fingerprint density at radius 3 is 1.12 bits per heavy atom. The monoisotopic (exact) mass is 1690 g/mol. The van der Waals surface area contributed by atoms with E-state index in [0.717, 1.165) is 87.3 Å². The second-order valence-electron chi connectivity index (χ2n) is 28.0. The van der Waals surface area contributed by atoms with Gasteiger partial charge in [-0.25, -0.2) is 19.9 Å². The Bertz CT molecular complexity index is 5180. The molecule has 14 rings (SSSR count). The van der Waals surface area contributed by atoms with Crippen molar-refractivity contribution in [1.82, 2.24) is 64.5 Å². The molecule has 122 heavy (non-hydrogen) atoms. The number of aliphatic hydroxyl groups is 1. The Hall–Kier alpha value is -13.8. The van der Waals surface area contributed by atoms with Crippen LogP contribution in [0.3, 0.4) is 0 Å². The molecule has 636 valence electrons. The SMILES string of the molecule is CN1CCC(CO)CC1.CN1CCC(COC(=O)Cc2nc(-c3cccnc3)ccc2N)CC1.CN1CCC(COC(=O)Cc2nc(-c3cccnc3)ccc2[N+](=O)[O-])CC1.Nc1nc(-c2cccnc2)ccc1[N+](=O)[O-].Nc1nc(Cl)ccc1[N+](=O)[O-].O=C(Cc1nc(-c2cccnc2)ccc1[N+](=O)[O-])Oc1ccccc1.OB(O)c1cccnc1. The summed E-state index contributed by atoms with van der Waals surface area (Å²) in [7, 11) is 4.92. The number of piperidine rings is 3. The molecule has 13 heterocycles. The minimum Gasteiger partial charge on any atom is -0.465 e. The van der Waals surface area contributed by atoms with Crippen molar-refractivity contribution in [2.45, 2.75) is 57.8 Å². The van der Waals surface area contributed by atoms with E-state index in [2.05, 4.69) is 85.7 Å². The maximum Gasteiger partial charge on any atom is 0.490 e. The van der Waals surface area contributed by atoms with Crippen LogP contribution in [0, 0.1) is 58.2 Å².